The van der Waals surface area contributed by atoms with Crippen molar-refractivity contribution in [3.8, 4) is 0 Å². The molecule has 0 spiro atoms. The molecule has 3 atom stereocenters. The summed E-state index contributed by atoms with van der Waals surface area (Å²) in [5.41, 5.74) is 6.40. The Labute approximate surface area is 131 Å². The molecule has 0 bridgehead atoms. The van der Waals surface area contributed by atoms with Crippen molar-refractivity contribution < 1.29 is 14.3 Å². The summed E-state index contributed by atoms with van der Waals surface area (Å²) in [7, 11) is 0. The number of carbonyl (C=O) groups excluding carboxylic acids is 2. The van der Waals surface area contributed by atoms with E-state index in [1.165, 1.54) is 0 Å². The van der Waals surface area contributed by atoms with Gasteiger partial charge >= 0.3 is 5.97 Å². The molecule has 2 unspecified atom stereocenters. The first-order chi connectivity index (χ1) is 9.47. The zero-order valence-corrected chi connectivity index (χ0v) is 13.4. The molecule has 0 saturated carbocycles. The number of halogens is 1. The van der Waals surface area contributed by atoms with Gasteiger partial charge in [0.05, 0.1) is 6.61 Å². The van der Waals surface area contributed by atoms with Crippen LogP contribution in [0.15, 0.2) is 30.3 Å². The molecular weight excluding hydrogens is 292 g/mol. The molecule has 21 heavy (non-hydrogen) atoms. The molecule has 5 nitrogen and oxygen atoms in total. The second kappa shape index (κ2) is 9.37. The van der Waals surface area contributed by atoms with Gasteiger partial charge in [0.2, 0.25) is 5.91 Å². The van der Waals surface area contributed by atoms with E-state index < -0.39 is 12.0 Å². The summed E-state index contributed by atoms with van der Waals surface area (Å²) in [4.78, 5) is 24.1. The molecule has 0 saturated heterocycles. The lowest BCUT2D eigenvalue weighted by molar-refractivity contribution is -0.148. The molecule has 0 fully saturated rings. The van der Waals surface area contributed by atoms with Gasteiger partial charge in [-0.1, -0.05) is 37.3 Å². The van der Waals surface area contributed by atoms with Crippen LogP contribution in [-0.2, 0) is 14.3 Å². The predicted octanol–water partition coefficient (Wildman–Crippen LogP) is 1.81. The average molecular weight is 315 g/mol. The lowest BCUT2D eigenvalue weighted by Gasteiger charge is -2.21. The summed E-state index contributed by atoms with van der Waals surface area (Å²) in [5, 5.41) is 2.71. The van der Waals surface area contributed by atoms with Gasteiger partial charge in [0, 0.05) is 12.0 Å². The normalized spacial score (nSPS) is 14.3. The first-order valence-electron chi connectivity index (χ1n) is 6.74. The fraction of sp³-hybridized carbons (Fsp3) is 0.467. The SMILES string of the molecule is CCOC(=O)[C@H](NC(=O)C(C)C(C)N)c1ccccc1.Cl. The Morgan fingerprint density at radius 1 is 1.24 bits per heavy atom. The minimum atomic E-state index is -0.801. The highest BCUT2D eigenvalue weighted by atomic mass is 35.5. The van der Waals surface area contributed by atoms with Crippen molar-refractivity contribution in [3.05, 3.63) is 35.9 Å². The number of carbonyl (C=O) groups is 2. The molecule has 0 aliphatic carbocycles. The minimum Gasteiger partial charge on any atom is -0.464 e. The van der Waals surface area contributed by atoms with Crippen molar-refractivity contribution >= 4 is 24.3 Å². The van der Waals surface area contributed by atoms with E-state index in [2.05, 4.69) is 5.32 Å². The zero-order valence-electron chi connectivity index (χ0n) is 12.5. The van der Waals surface area contributed by atoms with Crippen LogP contribution in [-0.4, -0.2) is 24.5 Å². The van der Waals surface area contributed by atoms with Crippen LogP contribution in [0.4, 0.5) is 0 Å². The third kappa shape index (κ3) is 5.73. The lowest BCUT2D eigenvalue weighted by atomic mass is 10.0. The Balaban J connectivity index is 0.00000400. The van der Waals surface area contributed by atoms with Crippen molar-refractivity contribution in [2.24, 2.45) is 11.7 Å². The summed E-state index contributed by atoms with van der Waals surface area (Å²) in [6.45, 7) is 5.48. The van der Waals surface area contributed by atoms with Crippen molar-refractivity contribution in [1.82, 2.24) is 5.32 Å². The van der Waals surface area contributed by atoms with Crippen LogP contribution in [0, 0.1) is 5.92 Å². The van der Waals surface area contributed by atoms with Crippen LogP contribution < -0.4 is 11.1 Å². The topological polar surface area (TPSA) is 81.4 Å². The molecule has 118 valence electrons. The molecule has 0 aromatic heterocycles. The second-order valence-corrected chi connectivity index (χ2v) is 4.75. The van der Waals surface area contributed by atoms with E-state index in [0.29, 0.717) is 5.56 Å². The number of hydrogen-bond donors (Lipinski definition) is 2. The van der Waals surface area contributed by atoms with Crippen LogP contribution in [0.1, 0.15) is 32.4 Å². The number of amides is 1. The standard InChI is InChI=1S/C15H22N2O3.ClH/c1-4-20-15(19)13(12-8-6-5-7-9-12)17-14(18)10(2)11(3)16;/h5-11,13H,4,16H2,1-3H3,(H,17,18);1H/t10?,11?,13-;/m1./s1. The molecule has 0 aliphatic rings. The summed E-state index contributed by atoms with van der Waals surface area (Å²) in [6.07, 6.45) is 0. The quantitative estimate of drug-likeness (QED) is 0.785. The monoisotopic (exact) mass is 314 g/mol. The summed E-state index contributed by atoms with van der Waals surface area (Å²) < 4.78 is 5.01. The Bertz CT molecular complexity index is 451. The van der Waals surface area contributed by atoms with E-state index in [9.17, 15) is 9.59 Å². The second-order valence-electron chi connectivity index (χ2n) is 4.75. The van der Waals surface area contributed by atoms with Crippen LogP contribution in [0.3, 0.4) is 0 Å². The van der Waals surface area contributed by atoms with Crippen molar-refractivity contribution in [1.29, 1.82) is 0 Å². The summed E-state index contributed by atoms with van der Waals surface area (Å²) in [6, 6.07) is 7.93. The number of rotatable bonds is 6. The van der Waals surface area contributed by atoms with Crippen molar-refractivity contribution in [3.63, 3.8) is 0 Å². The van der Waals surface area contributed by atoms with Gasteiger partial charge in [-0.25, -0.2) is 4.79 Å². The largest absolute Gasteiger partial charge is 0.464 e. The molecule has 0 heterocycles. The van der Waals surface area contributed by atoms with Gasteiger partial charge in [-0.2, -0.15) is 0 Å². The highest BCUT2D eigenvalue weighted by Gasteiger charge is 2.27. The third-order valence-electron chi connectivity index (χ3n) is 3.14. The van der Waals surface area contributed by atoms with Crippen molar-refractivity contribution in [2.45, 2.75) is 32.9 Å². The molecule has 6 heteroatoms. The van der Waals surface area contributed by atoms with Crippen molar-refractivity contribution in [2.75, 3.05) is 6.61 Å². The number of nitrogens with one attached hydrogen (secondary N) is 1. The van der Waals surface area contributed by atoms with Gasteiger partial charge in [-0.15, -0.1) is 12.4 Å². The van der Waals surface area contributed by atoms with E-state index in [1.54, 1.807) is 32.9 Å². The number of ether oxygens (including phenoxy) is 1. The number of benzene rings is 1. The predicted molar refractivity (Wildman–Crippen MR) is 84.0 cm³/mol. The number of hydrogen-bond acceptors (Lipinski definition) is 4. The van der Waals surface area contributed by atoms with Gasteiger partial charge in [-0.05, 0) is 19.4 Å². The van der Waals surface area contributed by atoms with Gasteiger partial charge in [0.25, 0.3) is 0 Å². The molecule has 1 rings (SSSR count). The Morgan fingerprint density at radius 2 is 1.81 bits per heavy atom. The molecule has 1 aromatic carbocycles. The van der Waals surface area contributed by atoms with Gasteiger partial charge in [-0.3, -0.25) is 4.79 Å². The molecule has 1 aromatic rings. The van der Waals surface area contributed by atoms with Gasteiger partial charge in [0.15, 0.2) is 6.04 Å². The number of nitrogens with two attached hydrogens (primary N) is 1. The fourth-order valence-electron chi connectivity index (χ4n) is 1.66. The van der Waals surface area contributed by atoms with E-state index in [-0.39, 0.29) is 36.9 Å². The molecular formula is C15H23ClN2O3. The maximum Gasteiger partial charge on any atom is 0.333 e. The maximum absolute atomic E-state index is 12.1. The third-order valence-corrected chi connectivity index (χ3v) is 3.14. The lowest BCUT2D eigenvalue weighted by Crippen LogP contribution is -2.42. The Kier molecular flexibility index (Phi) is 8.66. The average Bonchev–Trinajstić information content (AvgIpc) is 2.44. The fourth-order valence-corrected chi connectivity index (χ4v) is 1.66. The number of esters is 1. The summed E-state index contributed by atoms with van der Waals surface area (Å²) >= 11 is 0. The van der Waals surface area contributed by atoms with E-state index in [1.807, 2.05) is 18.2 Å². The van der Waals surface area contributed by atoms with E-state index in [0.717, 1.165) is 0 Å². The first kappa shape index (κ1) is 19.4. The van der Waals surface area contributed by atoms with Crippen LogP contribution in [0.25, 0.3) is 0 Å². The highest BCUT2D eigenvalue weighted by molar-refractivity contribution is 5.86. The molecule has 1 amide bonds. The van der Waals surface area contributed by atoms with Crippen LogP contribution in [0.2, 0.25) is 0 Å². The summed E-state index contributed by atoms with van der Waals surface area (Å²) in [5.74, 6) is -1.11. The van der Waals surface area contributed by atoms with Crippen LogP contribution >= 0.6 is 12.4 Å². The Hall–Kier alpha value is -1.59. The Morgan fingerprint density at radius 3 is 2.29 bits per heavy atom. The maximum atomic E-state index is 12.1. The molecule has 0 radical (unpaired) electrons. The van der Waals surface area contributed by atoms with E-state index >= 15 is 0 Å². The van der Waals surface area contributed by atoms with Gasteiger partial charge in [0.1, 0.15) is 0 Å². The van der Waals surface area contributed by atoms with Gasteiger partial charge < -0.3 is 15.8 Å². The smallest absolute Gasteiger partial charge is 0.333 e. The van der Waals surface area contributed by atoms with Crippen LogP contribution in [0.5, 0.6) is 0 Å². The highest BCUT2D eigenvalue weighted by Crippen LogP contribution is 2.15. The molecule has 0 aliphatic heterocycles. The molecule has 3 N–H and O–H groups in total. The first-order valence-corrected chi connectivity index (χ1v) is 6.74. The zero-order chi connectivity index (χ0) is 15.1. The minimum absolute atomic E-state index is 0. The van der Waals surface area contributed by atoms with E-state index in [4.69, 9.17) is 10.5 Å².